The average Bonchev–Trinajstić information content (AvgIpc) is 2.42. The number of nitrogens with one attached hydrogen (secondary N) is 1. The van der Waals surface area contributed by atoms with E-state index < -0.39 is 0 Å². The maximum absolute atomic E-state index is 5.37. The molecule has 3 unspecified atom stereocenters. The summed E-state index contributed by atoms with van der Waals surface area (Å²) < 4.78 is 5.37. The Balaban J connectivity index is 2.01. The van der Waals surface area contributed by atoms with Gasteiger partial charge in [-0.25, -0.2) is 0 Å². The van der Waals surface area contributed by atoms with Gasteiger partial charge in [0.25, 0.3) is 0 Å². The van der Waals surface area contributed by atoms with E-state index in [1.54, 1.807) is 7.11 Å². The van der Waals surface area contributed by atoms with Crippen molar-refractivity contribution >= 4 is 0 Å². The quantitative estimate of drug-likeness (QED) is 0.859. The van der Waals surface area contributed by atoms with Gasteiger partial charge in [-0.15, -0.1) is 0 Å². The highest BCUT2D eigenvalue weighted by atomic mass is 16.5. The summed E-state index contributed by atoms with van der Waals surface area (Å²) in [4.78, 5) is 0. The van der Waals surface area contributed by atoms with Crippen LogP contribution in [0.25, 0.3) is 0 Å². The fourth-order valence-electron chi connectivity index (χ4n) is 2.91. The van der Waals surface area contributed by atoms with Gasteiger partial charge in [0.1, 0.15) is 0 Å². The Hall–Kier alpha value is -0.860. The third-order valence-electron chi connectivity index (χ3n) is 4.06. The Morgan fingerprint density at radius 1 is 1.22 bits per heavy atom. The van der Waals surface area contributed by atoms with E-state index >= 15 is 0 Å². The first-order valence-electron chi connectivity index (χ1n) is 7.11. The van der Waals surface area contributed by atoms with Crippen LogP contribution >= 0.6 is 0 Å². The summed E-state index contributed by atoms with van der Waals surface area (Å²) >= 11 is 0. The van der Waals surface area contributed by atoms with E-state index in [1.807, 2.05) is 0 Å². The molecular formula is C16H25NO. The molecule has 100 valence electrons. The van der Waals surface area contributed by atoms with Gasteiger partial charge >= 0.3 is 0 Å². The van der Waals surface area contributed by atoms with Crippen LogP contribution in [0.15, 0.2) is 30.3 Å². The number of ether oxygens (including phenoxy) is 1. The molecule has 3 atom stereocenters. The second-order valence-corrected chi connectivity index (χ2v) is 5.45. The van der Waals surface area contributed by atoms with Gasteiger partial charge in [-0.05, 0) is 24.3 Å². The average molecular weight is 247 g/mol. The summed E-state index contributed by atoms with van der Waals surface area (Å²) in [6.45, 7) is 3.11. The van der Waals surface area contributed by atoms with Crippen LogP contribution in [0.3, 0.4) is 0 Å². The van der Waals surface area contributed by atoms with Crippen molar-refractivity contribution in [3.05, 3.63) is 35.9 Å². The normalized spacial score (nSPS) is 25.9. The van der Waals surface area contributed by atoms with Crippen LogP contribution in [0, 0.1) is 5.92 Å². The summed E-state index contributed by atoms with van der Waals surface area (Å²) in [6.07, 6.45) is 5.40. The number of rotatable bonds is 5. The van der Waals surface area contributed by atoms with Gasteiger partial charge in [-0.1, -0.05) is 50.1 Å². The lowest BCUT2D eigenvalue weighted by Gasteiger charge is -2.33. The molecule has 0 saturated heterocycles. The monoisotopic (exact) mass is 247 g/mol. The molecule has 1 aliphatic carbocycles. The number of hydrogen-bond acceptors (Lipinski definition) is 2. The van der Waals surface area contributed by atoms with Crippen molar-refractivity contribution in [3.63, 3.8) is 0 Å². The summed E-state index contributed by atoms with van der Waals surface area (Å²) in [7, 11) is 1.78. The Bertz CT molecular complexity index is 338. The SMILES string of the molecule is COCC(NC1CCCCC1C)c1ccccc1. The molecule has 0 aromatic heterocycles. The first-order chi connectivity index (χ1) is 8.81. The Labute approximate surface area is 111 Å². The Morgan fingerprint density at radius 3 is 2.61 bits per heavy atom. The first kappa shape index (κ1) is 13.6. The summed E-state index contributed by atoms with van der Waals surface area (Å²) in [6, 6.07) is 11.6. The minimum Gasteiger partial charge on any atom is -0.383 e. The highest BCUT2D eigenvalue weighted by molar-refractivity contribution is 5.19. The molecule has 0 bridgehead atoms. The fourth-order valence-corrected chi connectivity index (χ4v) is 2.91. The summed E-state index contributed by atoms with van der Waals surface area (Å²) in [5, 5.41) is 3.80. The van der Waals surface area contributed by atoms with Gasteiger partial charge in [-0.3, -0.25) is 0 Å². The van der Waals surface area contributed by atoms with E-state index in [0.717, 1.165) is 12.5 Å². The third-order valence-corrected chi connectivity index (χ3v) is 4.06. The van der Waals surface area contributed by atoms with Crippen molar-refractivity contribution in [2.75, 3.05) is 13.7 Å². The van der Waals surface area contributed by atoms with Crippen molar-refractivity contribution in [2.24, 2.45) is 5.92 Å². The molecule has 0 radical (unpaired) electrons. The van der Waals surface area contributed by atoms with Crippen LogP contribution in [-0.2, 0) is 4.74 Å². The lowest BCUT2D eigenvalue weighted by molar-refractivity contribution is 0.147. The van der Waals surface area contributed by atoms with Gasteiger partial charge in [0.2, 0.25) is 0 Å². The van der Waals surface area contributed by atoms with E-state index in [4.69, 9.17) is 4.74 Å². The molecule has 2 heteroatoms. The van der Waals surface area contributed by atoms with Gasteiger partial charge in [0.15, 0.2) is 0 Å². The predicted molar refractivity (Wildman–Crippen MR) is 75.6 cm³/mol. The maximum atomic E-state index is 5.37. The van der Waals surface area contributed by atoms with Crippen LogP contribution < -0.4 is 5.32 Å². The molecule has 0 heterocycles. The van der Waals surface area contributed by atoms with Crippen molar-refractivity contribution in [3.8, 4) is 0 Å². The molecule has 1 saturated carbocycles. The fraction of sp³-hybridized carbons (Fsp3) is 0.625. The zero-order chi connectivity index (χ0) is 12.8. The van der Waals surface area contributed by atoms with Gasteiger partial charge in [0, 0.05) is 13.2 Å². The molecular weight excluding hydrogens is 222 g/mol. The van der Waals surface area contributed by atoms with E-state index in [9.17, 15) is 0 Å². The lowest BCUT2D eigenvalue weighted by atomic mass is 9.85. The van der Waals surface area contributed by atoms with Crippen LogP contribution in [0.1, 0.15) is 44.2 Å². The van der Waals surface area contributed by atoms with Crippen LogP contribution in [0.4, 0.5) is 0 Å². The smallest absolute Gasteiger partial charge is 0.0657 e. The summed E-state index contributed by atoms with van der Waals surface area (Å²) in [5.41, 5.74) is 1.33. The predicted octanol–water partition coefficient (Wildman–Crippen LogP) is 3.54. The molecule has 0 aliphatic heterocycles. The van der Waals surface area contributed by atoms with Crippen LogP contribution in [-0.4, -0.2) is 19.8 Å². The second kappa shape index (κ2) is 6.91. The largest absolute Gasteiger partial charge is 0.383 e. The van der Waals surface area contributed by atoms with Crippen molar-refractivity contribution in [1.29, 1.82) is 0 Å². The zero-order valence-electron chi connectivity index (χ0n) is 11.6. The number of hydrogen-bond donors (Lipinski definition) is 1. The molecule has 1 fully saturated rings. The lowest BCUT2D eigenvalue weighted by Crippen LogP contribution is -2.41. The zero-order valence-corrected chi connectivity index (χ0v) is 11.6. The highest BCUT2D eigenvalue weighted by Gasteiger charge is 2.24. The molecule has 1 aromatic rings. The first-order valence-corrected chi connectivity index (χ1v) is 7.11. The van der Waals surface area contributed by atoms with E-state index in [2.05, 4.69) is 42.6 Å². The standard InChI is InChI=1S/C16H25NO/c1-13-8-6-7-11-15(13)17-16(12-18-2)14-9-4-3-5-10-14/h3-5,9-10,13,15-17H,6-8,11-12H2,1-2H3. The van der Waals surface area contributed by atoms with Crippen molar-refractivity contribution in [2.45, 2.75) is 44.7 Å². The molecule has 2 rings (SSSR count). The third kappa shape index (κ3) is 3.56. The van der Waals surface area contributed by atoms with Crippen molar-refractivity contribution < 1.29 is 4.74 Å². The number of methoxy groups -OCH3 is 1. The maximum Gasteiger partial charge on any atom is 0.0657 e. The van der Waals surface area contributed by atoms with Crippen LogP contribution in [0.5, 0.6) is 0 Å². The molecule has 1 N–H and O–H groups in total. The minimum atomic E-state index is 0.321. The molecule has 0 amide bonds. The molecule has 1 aliphatic rings. The van der Waals surface area contributed by atoms with Crippen LogP contribution in [0.2, 0.25) is 0 Å². The van der Waals surface area contributed by atoms with E-state index in [0.29, 0.717) is 12.1 Å². The highest BCUT2D eigenvalue weighted by Crippen LogP contribution is 2.26. The molecule has 0 spiro atoms. The molecule has 2 nitrogen and oxygen atoms in total. The topological polar surface area (TPSA) is 21.3 Å². The molecule has 1 aromatic carbocycles. The van der Waals surface area contributed by atoms with E-state index in [1.165, 1.54) is 31.2 Å². The van der Waals surface area contributed by atoms with Gasteiger partial charge in [0.05, 0.1) is 12.6 Å². The van der Waals surface area contributed by atoms with Gasteiger partial charge in [-0.2, -0.15) is 0 Å². The van der Waals surface area contributed by atoms with E-state index in [-0.39, 0.29) is 0 Å². The van der Waals surface area contributed by atoms with Crippen molar-refractivity contribution in [1.82, 2.24) is 5.32 Å². The summed E-state index contributed by atoms with van der Waals surface area (Å²) in [5.74, 6) is 0.779. The Kier molecular flexibility index (Phi) is 5.21. The number of benzene rings is 1. The Morgan fingerprint density at radius 2 is 1.94 bits per heavy atom. The molecule has 18 heavy (non-hydrogen) atoms. The van der Waals surface area contributed by atoms with Gasteiger partial charge < -0.3 is 10.1 Å². The second-order valence-electron chi connectivity index (χ2n) is 5.45. The minimum absolute atomic E-state index is 0.321.